The maximum Gasteiger partial charge on any atom is 0.184 e. The molecule has 0 spiro atoms. The van der Waals surface area contributed by atoms with Crippen LogP contribution in [0.25, 0.3) is 20.4 Å². The molecular formula is C40H48N8O3S2. The number of nitrogens with one attached hydrogen (secondary N) is 3. The minimum Gasteiger partial charge on any atom is -0.456 e. The number of nitrogen functional groups attached to an aromatic ring is 1. The van der Waals surface area contributed by atoms with Gasteiger partial charge in [0, 0.05) is 24.2 Å². The van der Waals surface area contributed by atoms with Crippen LogP contribution in [0.1, 0.15) is 78.1 Å². The lowest BCUT2D eigenvalue weighted by molar-refractivity contribution is 0.328. The molecule has 4 aromatic heterocycles. The van der Waals surface area contributed by atoms with Crippen molar-refractivity contribution >= 4 is 65.0 Å². The molecule has 278 valence electrons. The van der Waals surface area contributed by atoms with Crippen LogP contribution in [0.5, 0.6) is 23.0 Å². The number of fused-ring (bicyclic) bond motifs is 2. The average molecular weight is 753 g/mol. The molecule has 11 nitrogen and oxygen atoms in total. The van der Waals surface area contributed by atoms with Crippen molar-refractivity contribution in [3.8, 4) is 23.0 Å². The van der Waals surface area contributed by atoms with E-state index in [1.807, 2.05) is 47.9 Å². The van der Waals surface area contributed by atoms with Gasteiger partial charge in [-0.1, -0.05) is 61.2 Å². The molecule has 2 atom stereocenters. The standard InChI is InChI=1S/C20H24N4O2S.C20H24N4OS/c1-13(14-5-3-2-4-6-14)22-20-23-17-9-7-15(11-18(17)27-20)26-16-8-10-19(24-25)21-12-16;1-13(14-5-3-2-4-6-14)23-20-24-17-9-7-15(11-18(17)26-20)25-16-8-10-19(21)22-12-16/h7-14,25H,2-6H2,1H3,(H,21,24)(H,22,23);7-14H,2-6H2,1H3,(H2,21,22)(H,23,24)/t2*13-/m00/s1. The Morgan fingerprint density at radius 2 is 1.11 bits per heavy atom. The number of ether oxygens (including phenoxy) is 2. The first-order valence-corrected chi connectivity index (χ1v) is 20.3. The van der Waals surface area contributed by atoms with Crippen molar-refractivity contribution in [2.75, 3.05) is 21.8 Å². The monoisotopic (exact) mass is 752 g/mol. The smallest absolute Gasteiger partial charge is 0.184 e. The summed E-state index contributed by atoms with van der Waals surface area (Å²) in [6.07, 6.45) is 16.7. The fraction of sp³-hybridized carbons (Fsp3) is 0.400. The molecule has 8 rings (SSSR count). The van der Waals surface area contributed by atoms with E-state index in [0.29, 0.717) is 35.2 Å². The second kappa shape index (κ2) is 17.4. The molecule has 4 heterocycles. The predicted octanol–water partition coefficient (Wildman–Crippen LogP) is 11.1. The number of hydrogen-bond acceptors (Lipinski definition) is 13. The van der Waals surface area contributed by atoms with Gasteiger partial charge in [-0.25, -0.2) is 19.9 Å². The van der Waals surface area contributed by atoms with Crippen LogP contribution in [0.4, 0.5) is 21.9 Å². The van der Waals surface area contributed by atoms with Gasteiger partial charge in [-0.2, -0.15) is 0 Å². The van der Waals surface area contributed by atoms with Crippen LogP contribution in [-0.4, -0.2) is 37.2 Å². The summed E-state index contributed by atoms with van der Waals surface area (Å²) in [5.41, 5.74) is 9.59. The first kappa shape index (κ1) is 36.6. The number of benzene rings is 2. The van der Waals surface area contributed by atoms with Crippen molar-refractivity contribution in [2.24, 2.45) is 11.8 Å². The summed E-state index contributed by atoms with van der Waals surface area (Å²) in [5, 5.41) is 18.0. The summed E-state index contributed by atoms with van der Waals surface area (Å²) >= 11 is 3.34. The van der Waals surface area contributed by atoms with Gasteiger partial charge >= 0.3 is 0 Å². The van der Waals surface area contributed by atoms with Crippen molar-refractivity contribution in [3.05, 3.63) is 73.1 Å². The summed E-state index contributed by atoms with van der Waals surface area (Å²) in [6, 6.07) is 19.7. The quantitative estimate of drug-likeness (QED) is 0.0804. The van der Waals surface area contributed by atoms with Crippen LogP contribution in [-0.2, 0) is 0 Å². The van der Waals surface area contributed by atoms with E-state index in [1.165, 1.54) is 64.2 Å². The van der Waals surface area contributed by atoms with Gasteiger partial charge in [-0.15, -0.1) is 0 Å². The SMILES string of the molecule is C[C@H](Nc1nc2ccc(Oc3ccc(N)nc3)cc2s1)C1CCCCC1.C[C@H](Nc1nc2ccc(Oc3ccc(NO)nc3)cc2s1)C1CCCCC1. The molecule has 0 bridgehead atoms. The summed E-state index contributed by atoms with van der Waals surface area (Å²) in [4.78, 5) is 17.5. The zero-order chi connectivity index (χ0) is 36.6. The van der Waals surface area contributed by atoms with E-state index >= 15 is 0 Å². The third-order valence-corrected chi connectivity index (χ3v) is 12.1. The van der Waals surface area contributed by atoms with E-state index in [-0.39, 0.29) is 0 Å². The highest BCUT2D eigenvalue weighted by molar-refractivity contribution is 7.22. The highest BCUT2D eigenvalue weighted by Crippen LogP contribution is 2.35. The molecule has 2 aromatic carbocycles. The molecule has 2 aliphatic rings. The number of nitrogens with two attached hydrogens (primary N) is 1. The second-order valence-electron chi connectivity index (χ2n) is 14.1. The summed E-state index contributed by atoms with van der Waals surface area (Å²) in [6.45, 7) is 4.55. The fourth-order valence-corrected chi connectivity index (χ4v) is 9.17. The van der Waals surface area contributed by atoms with Crippen molar-refractivity contribution in [3.63, 3.8) is 0 Å². The Kier molecular flexibility index (Phi) is 12.0. The minimum atomic E-state index is 0.378. The number of pyridine rings is 2. The van der Waals surface area contributed by atoms with Crippen LogP contribution < -0.4 is 31.3 Å². The van der Waals surface area contributed by atoms with Gasteiger partial charge in [0.25, 0.3) is 0 Å². The number of hydrogen-bond donors (Lipinski definition) is 5. The molecule has 6 aromatic rings. The normalized spacial score (nSPS) is 16.4. The lowest BCUT2D eigenvalue weighted by Gasteiger charge is -2.28. The number of anilines is 4. The Morgan fingerprint density at radius 1 is 0.642 bits per heavy atom. The number of rotatable bonds is 11. The van der Waals surface area contributed by atoms with Gasteiger partial charge in [0.2, 0.25) is 0 Å². The number of nitrogens with zero attached hydrogens (tertiary/aromatic N) is 4. The first-order valence-electron chi connectivity index (χ1n) is 18.7. The molecule has 0 unspecified atom stereocenters. The van der Waals surface area contributed by atoms with Crippen LogP contribution in [0, 0.1) is 11.8 Å². The van der Waals surface area contributed by atoms with E-state index in [4.69, 9.17) is 30.4 Å². The van der Waals surface area contributed by atoms with E-state index in [0.717, 1.165) is 54.0 Å². The molecule has 0 saturated heterocycles. The van der Waals surface area contributed by atoms with Gasteiger partial charge in [0.1, 0.15) is 34.6 Å². The first-order chi connectivity index (χ1) is 25.9. The maximum atomic E-state index is 8.82. The molecule has 2 fully saturated rings. The Bertz CT molecular complexity index is 2060. The Morgan fingerprint density at radius 3 is 1.55 bits per heavy atom. The van der Waals surface area contributed by atoms with Crippen molar-refractivity contribution < 1.29 is 14.7 Å². The molecule has 2 aliphatic carbocycles. The molecular weight excluding hydrogens is 705 g/mol. The number of thiazole rings is 2. The highest BCUT2D eigenvalue weighted by Gasteiger charge is 2.22. The molecule has 53 heavy (non-hydrogen) atoms. The van der Waals surface area contributed by atoms with Gasteiger partial charge < -0.3 is 25.8 Å². The summed E-state index contributed by atoms with van der Waals surface area (Å²) in [7, 11) is 0. The zero-order valence-corrected chi connectivity index (χ0v) is 31.9. The molecule has 2 saturated carbocycles. The van der Waals surface area contributed by atoms with Crippen LogP contribution in [0.15, 0.2) is 73.1 Å². The molecule has 6 N–H and O–H groups in total. The summed E-state index contributed by atoms with van der Waals surface area (Å²) in [5.74, 6) is 5.17. The third-order valence-electron chi connectivity index (χ3n) is 10.2. The molecule has 0 radical (unpaired) electrons. The van der Waals surface area contributed by atoms with E-state index in [2.05, 4.69) is 34.4 Å². The topological polar surface area (TPSA) is 152 Å². The Balaban J connectivity index is 0.000000164. The van der Waals surface area contributed by atoms with Gasteiger partial charge in [0.15, 0.2) is 10.3 Å². The average Bonchev–Trinajstić information content (AvgIpc) is 3.79. The van der Waals surface area contributed by atoms with Gasteiger partial charge in [-0.3, -0.25) is 10.7 Å². The maximum absolute atomic E-state index is 8.82. The molecule has 13 heteroatoms. The summed E-state index contributed by atoms with van der Waals surface area (Å²) < 4.78 is 13.9. The van der Waals surface area contributed by atoms with E-state index < -0.39 is 0 Å². The lowest BCUT2D eigenvalue weighted by Crippen LogP contribution is -2.27. The Hall–Kier alpha value is -4.72. The zero-order valence-electron chi connectivity index (χ0n) is 30.3. The van der Waals surface area contributed by atoms with E-state index in [1.54, 1.807) is 53.3 Å². The van der Waals surface area contributed by atoms with Crippen molar-refractivity contribution in [2.45, 2.75) is 90.1 Å². The van der Waals surface area contributed by atoms with E-state index in [9.17, 15) is 0 Å². The molecule has 0 aliphatic heterocycles. The van der Waals surface area contributed by atoms with Crippen LogP contribution in [0.3, 0.4) is 0 Å². The third kappa shape index (κ3) is 9.83. The van der Waals surface area contributed by atoms with Gasteiger partial charge in [0.05, 0.1) is 32.8 Å². The predicted molar refractivity (Wildman–Crippen MR) is 217 cm³/mol. The largest absolute Gasteiger partial charge is 0.456 e. The van der Waals surface area contributed by atoms with Crippen molar-refractivity contribution in [1.29, 1.82) is 0 Å². The van der Waals surface area contributed by atoms with Crippen molar-refractivity contribution in [1.82, 2.24) is 19.9 Å². The minimum absolute atomic E-state index is 0.378. The number of aromatic nitrogens is 4. The second-order valence-corrected chi connectivity index (χ2v) is 16.1. The highest BCUT2D eigenvalue weighted by atomic mass is 32.1. The van der Waals surface area contributed by atoms with Crippen LogP contribution >= 0.6 is 22.7 Å². The van der Waals surface area contributed by atoms with Gasteiger partial charge in [-0.05, 0) is 99.9 Å². The fourth-order valence-electron chi connectivity index (χ4n) is 7.18. The Labute approximate surface area is 318 Å². The molecule has 0 amide bonds. The van der Waals surface area contributed by atoms with Crippen LogP contribution in [0.2, 0.25) is 0 Å². The lowest BCUT2D eigenvalue weighted by atomic mass is 9.85.